The average Bonchev–Trinajstić information content (AvgIpc) is 2.79. The van der Waals surface area contributed by atoms with Crippen molar-refractivity contribution in [3.63, 3.8) is 0 Å². The van der Waals surface area contributed by atoms with Gasteiger partial charge in [-0.2, -0.15) is 0 Å². The van der Waals surface area contributed by atoms with Gasteiger partial charge in [0.2, 0.25) is 15.0 Å². The van der Waals surface area contributed by atoms with E-state index in [2.05, 4.69) is 0 Å². The fourth-order valence-electron chi connectivity index (χ4n) is 2.59. The van der Waals surface area contributed by atoms with Crippen LogP contribution in [0, 0.1) is 10.1 Å². The van der Waals surface area contributed by atoms with Crippen LogP contribution >= 0.6 is 10.7 Å². The lowest BCUT2D eigenvalue weighted by atomic mass is 9.85. The number of rotatable bonds is 3. The van der Waals surface area contributed by atoms with E-state index in [4.69, 9.17) is 10.7 Å². The van der Waals surface area contributed by atoms with Gasteiger partial charge in [-0.3, -0.25) is 14.9 Å². The molecule has 23 heavy (non-hydrogen) atoms. The molecule has 0 aliphatic carbocycles. The second kappa shape index (κ2) is 5.76. The second-order valence-electron chi connectivity index (χ2n) is 6.51. The summed E-state index contributed by atoms with van der Waals surface area (Å²) < 4.78 is 22.8. The topological polar surface area (TPSA) is 97.6 Å². The number of amides is 1. The van der Waals surface area contributed by atoms with E-state index < -0.39 is 30.5 Å². The summed E-state index contributed by atoms with van der Waals surface area (Å²) in [7, 11) is 1.45. The lowest BCUT2D eigenvalue weighted by Gasteiger charge is -2.21. The Hall–Kier alpha value is -1.67. The highest BCUT2D eigenvalue weighted by atomic mass is 35.7. The summed E-state index contributed by atoms with van der Waals surface area (Å²) in [5, 5.41) is 10.3. The van der Waals surface area contributed by atoms with Gasteiger partial charge >= 0.3 is 0 Å². The molecule has 9 heteroatoms. The molecule has 0 radical (unpaired) electrons. The Balaban J connectivity index is 2.44. The van der Waals surface area contributed by atoms with Crippen molar-refractivity contribution < 1.29 is 18.1 Å². The summed E-state index contributed by atoms with van der Waals surface area (Å²) in [6, 6.07) is 4.50. The number of halogens is 1. The van der Waals surface area contributed by atoms with E-state index in [0.717, 1.165) is 0 Å². The van der Waals surface area contributed by atoms with E-state index in [1.807, 2.05) is 20.8 Å². The Bertz CT molecular complexity index is 770. The zero-order chi connectivity index (χ0) is 17.6. The first kappa shape index (κ1) is 17.7. The van der Waals surface area contributed by atoms with Crippen molar-refractivity contribution in [1.82, 2.24) is 0 Å². The number of hydrogen-bond donors (Lipinski definition) is 0. The third-order valence-electron chi connectivity index (χ3n) is 3.79. The Labute approximate surface area is 138 Å². The first-order chi connectivity index (χ1) is 10.4. The summed E-state index contributed by atoms with van der Waals surface area (Å²) in [6.45, 7) is 5.46. The van der Waals surface area contributed by atoms with Crippen molar-refractivity contribution >= 4 is 37.0 Å². The van der Waals surface area contributed by atoms with Crippen molar-refractivity contribution in [1.29, 1.82) is 0 Å². The highest BCUT2D eigenvalue weighted by Crippen LogP contribution is 2.36. The zero-order valence-electron chi connectivity index (χ0n) is 12.9. The van der Waals surface area contributed by atoms with Gasteiger partial charge < -0.3 is 4.90 Å². The number of carbonyl (C=O) groups excluding carboxylic acids is 1. The van der Waals surface area contributed by atoms with Crippen LogP contribution in [-0.4, -0.2) is 31.0 Å². The quantitative estimate of drug-likeness (QED) is 0.468. The molecule has 126 valence electrons. The molecule has 1 amide bonds. The highest BCUT2D eigenvalue weighted by molar-refractivity contribution is 8.14. The lowest BCUT2D eigenvalue weighted by molar-refractivity contribution is -0.385. The maximum absolute atomic E-state index is 12.0. The Morgan fingerprint density at radius 1 is 1.35 bits per heavy atom. The van der Waals surface area contributed by atoms with Gasteiger partial charge in [0.25, 0.3) is 5.69 Å². The number of anilines is 1. The van der Waals surface area contributed by atoms with E-state index in [1.54, 1.807) is 12.1 Å². The molecular weight excluding hydrogens is 344 g/mol. The van der Waals surface area contributed by atoms with Crippen LogP contribution in [-0.2, 0) is 19.3 Å². The predicted molar refractivity (Wildman–Crippen MR) is 87.3 cm³/mol. The predicted octanol–water partition coefficient (Wildman–Crippen LogP) is 2.57. The molecule has 0 aromatic heterocycles. The van der Waals surface area contributed by atoms with E-state index >= 15 is 0 Å². The van der Waals surface area contributed by atoms with E-state index in [-0.39, 0.29) is 18.7 Å². The summed E-state index contributed by atoms with van der Waals surface area (Å²) >= 11 is 0. The van der Waals surface area contributed by atoms with Crippen LogP contribution in [0.5, 0.6) is 0 Å². The monoisotopic (exact) mass is 360 g/mol. The highest BCUT2D eigenvalue weighted by Gasteiger charge is 2.38. The molecule has 1 aromatic carbocycles. The fourth-order valence-corrected chi connectivity index (χ4v) is 3.61. The minimum atomic E-state index is -3.86. The number of hydrogen-bond acceptors (Lipinski definition) is 5. The molecule has 0 bridgehead atoms. The molecule has 1 aliphatic heterocycles. The summed E-state index contributed by atoms with van der Waals surface area (Å²) in [5.74, 6) is -0.419. The Morgan fingerprint density at radius 2 is 1.96 bits per heavy atom. The third-order valence-corrected chi connectivity index (χ3v) is 5.65. The number of nitro groups is 1. The molecule has 1 atom stereocenters. The number of nitro benzene ring substituents is 1. The van der Waals surface area contributed by atoms with E-state index in [0.29, 0.717) is 11.3 Å². The third kappa shape index (κ3) is 3.64. The van der Waals surface area contributed by atoms with E-state index in [1.165, 1.54) is 11.0 Å². The summed E-state index contributed by atoms with van der Waals surface area (Å²) in [6.07, 6.45) is -0.222. The van der Waals surface area contributed by atoms with Crippen molar-refractivity contribution in [2.24, 2.45) is 0 Å². The van der Waals surface area contributed by atoms with Crippen molar-refractivity contribution in [2.75, 3.05) is 11.4 Å². The molecule has 2 rings (SSSR count). The van der Waals surface area contributed by atoms with Crippen LogP contribution in [0.1, 0.15) is 32.8 Å². The average molecular weight is 361 g/mol. The SMILES string of the molecule is CC(C)(C)c1ccc(N2CC(S(=O)(=O)Cl)CC2=O)cc1[N+](=O)[O-]. The lowest BCUT2D eigenvalue weighted by Crippen LogP contribution is -2.27. The molecule has 7 nitrogen and oxygen atoms in total. The van der Waals surface area contributed by atoms with Gasteiger partial charge in [0.15, 0.2) is 0 Å². The minimum Gasteiger partial charge on any atom is -0.311 e. The van der Waals surface area contributed by atoms with Crippen LogP contribution in [0.4, 0.5) is 11.4 Å². The van der Waals surface area contributed by atoms with Crippen LogP contribution in [0.3, 0.4) is 0 Å². The molecule has 1 saturated heterocycles. The molecule has 1 fully saturated rings. The molecule has 1 aromatic rings. The van der Waals surface area contributed by atoms with Crippen molar-refractivity contribution in [3.05, 3.63) is 33.9 Å². The molecular formula is C14H17ClN2O5S. The van der Waals surface area contributed by atoms with Crippen LogP contribution in [0.25, 0.3) is 0 Å². The molecule has 0 N–H and O–H groups in total. The van der Waals surface area contributed by atoms with Gasteiger partial charge in [-0.1, -0.05) is 20.8 Å². The van der Waals surface area contributed by atoms with Gasteiger partial charge in [-0.05, 0) is 17.5 Å². The van der Waals surface area contributed by atoms with Gasteiger partial charge in [0.1, 0.15) is 5.25 Å². The van der Waals surface area contributed by atoms with Crippen LogP contribution in [0.15, 0.2) is 18.2 Å². The maximum Gasteiger partial charge on any atom is 0.275 e. The summed E-state index contributed by atoms with van der Waals surface area (Å²) in [4.78, 5) is 24.1. The number of benzene rings is 1. The number of nitrogens with zero attached hydrogens (tertiary/aromatic N) is 2. The molecule has 0 spiro atoms. The molecule has 1 heterocycles. The van der Waals surface area contributed by atoms with Crippen molar-refractivity contribution in [2.45, 2.75) is 37.9 Å². The molecule has 1 unspecified atom stereocenters. The van der Waals surface area contributed by atoms with Gasteiger partial charge in [-0.25, -0.2) is 8.42 Å². The second-order valence-corrected chi connectivity index (χ2v) is 9.42. The van der Waals surface area contributed by atoms with Gasteiger partial charge in [0, 0.05) is 35.3 Å². The molecule has 1 aliphatic rings. The fraction of sp³-hybridized carbons (Fsp3) is 0.500. The normalized spacial score (nSPS) is 19.2. The first-order valence-corrected chi connectivity index (χ1v) is 9.31. The largest absolute Gasteiger partial charge is 0.311 e. The standard InChI is InChI=1S/C14H17ClN2O5S/c1-14(2,3)11-5-4-9(6-12(11)17(19)20)16-8-10(7-13(16)18)23(15,21)22/h4-6,10H,7-8H2,1-3H3. The van der Waals surface area contributed by atoms with Gasteiger partial charge in [-0.15, -0.1) is 0 Å². The van der Waals surface area contributed by atoms with Crippen LogP contribution in [0.2, 0.25) is 0 Å². The van der Waals surface area contributed by atoms with Crippen LogP contribution < -0.4 is 4.90 Å². The first-order valence-electron chi connectivity index (χ1n) is 6.94. The van der Waals surface area contributed by atoms with E-state index in [9.17, 15) is 23.3 Å². The smallest absolute Gasteiger partial charge is 0.275 e. The number of carbonyl (C=O) groups is 1. The maximum atomic E-state index is 12.0. The Morgan fingerprint density at radius 3 is 2.39 bits per heavy atom. The molecule has 0 saturated carbocycles. The van der Waals surface area contributed by atoms with Crippen molar-refractivity contribution in [3.8, 4) is 0 Å². The minimum absolute atomic E-state index is 0.0972. The summed E-state index contributed by atoms with van der Waals surface area (Å²) in [5.41, 5.74) is 0.315. The Kier molecular flexibility index (Phi) is 4.42. The zero-order valence-corrected chi connectivity index (χ0v) is 14.5. The van der Waals surface area contributed by atoms with Gasteiger partial charge in [0.05, 0.1) is 10.6 Å².